The lowest BCUT2D eigenvalue weighted by Gasteiger charge is -2.32. The summed E-state index contributed by atoms with van der Waals surface area (Å²) < 4.78 is 11.0. The van der Waals surface area contributed by atoms with E-state index in [2.05, 4.69) is 28.5 Å². The van der Waals surface area contributed by atoms with Gasteiger partial charge in [0.1, 0.15) is 18.5 Å². The summed E-state index contributed by atoms with van der Waals surface area (Å²) >= 11 is 0. The molecule has 2 N–H and O–H groups in total. The zero-order valence-electron chi connectivity index (χ0n) is 17.1. The molecular weight excluding hydrogens is 354 g/mol. The standard InChI is InChI=1S/C22H33N3O3/c1-17-11-22(28-24-17)14-23-13-18-7-6-10-21(12-18)27-16-20(26)15-25(2)19-8-4-3-5-9-19/h6-7,10-12,19-20,23,26H,3-5,8-9,13-16H2,1-2H3. The van der Waals surface area contributed by atoms with Crippen LogP contribution in [0.2, 0.25) is 0 Å². The Morgan fingerprint density at radius 1 is 1.25 bits per heavy atom. The number of aliphatic hydroxyl groups is 1. The van der Waals surface area contributed by atoms with Gasteiger partial charge in [0.2, 0.25) is 0 Å². The summed E-state index contributed by atoms with van der Waals surface area (Å²) in [4.78, 5) is 2.29. The summed E-state index contributed by atoms with van der Waals surface area (Å²) in [7, 11) is 2.11. The van der Waals surface area contributed by atoms with Crippen molar-refractivity contribution >= 4 is 0 Å². The highest BCUT2D eigenvalue weighted by atomic mass is 16.5. The van der Waals surface area contributed by atoms with E-state index < -0.39 is 6.10 Å². The monoisotopic (exact) mass is 387 g/mol. The summed E-state index contributed by atoms with van der Waals surface area (Å²) in [6.45, 7) is 4.23. The Balaban J connectivity index is 1.39. The Kier molecular flexibility index (Phi) is 7.89. The summed E-state index contributed by atoms with van der Waals surface area (Å²) in [6, 6.07) is 10.5. The lowest BCUT2D eigenvalue weighted by molar-refractivity contribution is 0.0561. The fourth-order valence-corrected chi connectivity index (χ4v) is 3.82. The molecule has 28 heavy (non-hydrogen) atoms. The van der Waals surface area contributed by atoms with Crippen molar-refractivity contribution in [3.8, 4) is 5.75 Å². The molecule has 0 aliphatic heterocycles. The predicted octanol–water partition coefficient (Wildman–Crippen LogP) is 3.28. The maximum atomic E-state index is 10.4. The molecule has 1 fully saturated rings. The summed E-state index contributed by atoms with van der Waals surface area (Å²) in [5.74, 6) is 1.62. The molecule has 2 aromatic rings. The third-order valence-corrected chi connectivity index (χ3v) is 5.34. The lowest BCUT2D eigenvalue weighted by Crippen LogP contribution is -2.40. The minimum absolute atomic E-state index is 0.311. The third kappa shape index (κ3) is 6.62. The molecule has 6 heteroatoms. The molecule has 0 amide bonds. The van der Waals surface area contributed by atoms with Gasteiger partial charge in [0.15, 0.2) is 5.76 Å². The molecule has 154 valence electrons. The van der Waals surface area contributed by atoms with E-state index in [0.717, 1.165) is 22.8 Å². The number of nitrogens with one attached hydrogen (secondary N) is 1. The van der Waals surface area contributed by atoms with Crippen LogP contribution in [0.4, 0.5) is 0 Å². The number of ether oxygens (including phenoxy) is 1. The maximum Gasteiger partial charge on any atom is 0.150 e. The third-order valence-electron chi connectivity index (χ3n) is 5.34. The van der Waals surface area contributed by atoms with Crippen molar-refractivity contribution in [1.29, 1.82) is 0 Å². The Labute approximate surface area is 167 Å². The molecule has 0 spiro atoms. The van der Waals surface area contributed by atoms with Crippen molar-refractivity contribution in [3.05, 3.63) is 47.3 Å². The van der Waals surface area contributed by atoms with Gasteiger partial charge in [-0.1, -0.05) is 36.6 Å². The second-order valence-corrected chi connectivity index (χ2v) is 7.88. The van der Waals surface area contributed by atoms with Gasteiger partial charge < -0.3 is 24.6 Å². The van der Waals surface area contributed by atoms with Gasteiger partial charge >= 0.3 is 0 Å². The number of rotatable bonds is 10. The number of aromatic nitrogens is 1. The molecule has 1 aromatic carbocycles. The molecule has 1 aliphatic carbocycles. The second kappa shape index (κ2) is 10.6. The van der Waals surface area contributed by atoms with Gasteiger partial charge in [-0.25, -0.2) is 0 Å². The molecule has 1 unspecified atom stereocenters. The largest absolute Gasteiger partial charge is 0.491 e. The van der Waals surface area contributed by atoms with E-state index in [9.17, 15) is 5.11 Å². The van der Waals surface area contributed by atoms with E-state index in [1.165, 1.54) is 32.1 Å². The van der Waals surface area contributed by atoms with Gasteiger partial charge in [0.05, 0.1) is 12.2 Å². The molecule has 1 aliphatic rings. The van der Waals surface area contributed by atoms with E-state index in [4.69, 9.17) is 9.26 Å². The smallest absolute Gasteiger partial charge is 0.150 e. The van der Waals surface area contributed by atoms with Crippen LogP contribution in [-0.4, -0.2) is 47.5 Å². The Bertz CT molecular complexity index is 713. The van der Waals surface area contributed by atoms with E-state index in [1.807, 2.05) is 31.2 Å². The first-order chi connectivity index (χ1) is 13.6. The van der Waals surface area contributed by atoms with Crippen LogP contribution in [0.5, 0.6) is 5.75 Å². The Morgan fingerprint density at radius 2 is 2.07 bits per heavy atom. The van der Waals surface area contributed by atoms with Crippen molar-refractivity contribution in [2.24, 2.45) is 0 Å². The summed E-state index contributed by atoms with van der Waals surface area (Å²) in [5, 5.41) is 17.6. The van der Waals surface area contributed by atoms with Gasteiger partial charge in [-0.05, 0) is 44.5 Å². The lowest BCUT2D eigenvalue weighted by atomic mass is 9.94. The minimum atomic E-state index is -0.483. The fraction of sp³-hybridized carbons (Fsp3) is 0.591. The maximum absolute atomic E-state index is 10.4. The molecule has 3 rings (SSSR count). The van der Waals surface area contributed by atoms with Crippen molar-refractivity contribution in [2.75, 3.05) is 20.2 Å². The van der Waals surface area contributed by atoms with Crippen LogP contribution < -0.4 is 10.1 Å². The van der Waals surface area contributed by atoms with Crippen molar-refractivity contribution in [2.45, 2.75) is 64.3 Å². The quantitative estimate of drug-likeness (QED) is 0.652. The zero-order chi connectivity index (χ0) is 19.8. The van der Waals surface area contributed by atoms with Crippen LogP contribution in [0, 0.1) is 6.92 Å². The molecule has 1 heterocycles. The number of hydrogen-bond acceptors (Lipinski definition) is 6. The van der Waals surface area contributed by atoms with Crippen LogP contribution in [0.25, 0.3) is 0 Å². The van der Waals surface area contributed by atoms with Crippen LogP contribution in [-0.2, 0) is 13.1 Å². The molecule has 0 bridgehead atoms. The second-order valence-electron chi connectivity index (χ2n) is 7.88. The van der Waals surface area contributed by atoms with E-state index in [-0.39, 0.29) is 0 Å². The highest BCUT2D eigenvalue weighted by molar-refractivity contribution is 5.28. The summed E-state index contributed by atoms with van der Waals surface area (Å²) in [5.41, 5.74) is 2.02. The van der Waals surface area contributed by atoms with Gasteiger partial charge in [0.25, 0.3) is 0 Å². The average molecular weight is 388 g/mol. The number of hydrogen-bond donors (Lipinski definition) is 2. The topological polar surface area (TPSA) is 70.8 Å². The highest BCUT2D eigenvalue weighted by Gasteiger charge is 2.20. The number of aliphatic hydroxyl groups excluding tert-OH is 1. The number of benzene rings is 1. The molecule has 0 saturated heterocycles. The van der Waals surface area contributed by atoms with Crippen LogP contribution >= 0.6 is 0 Å². The molecular formula is C22H33N3O3. The molecule has 1 saturated carbocycles. The first-order valence-corrected chi connectivity index (χ1v) is 10.3. The van der Waals surface area contributed by atoms with Gasteiger partial charge in [-0.15, -0.1) is 0 Å². The number of nitrogens with zero attached hydrogens (tertiary/aromatic N) is 2. The Morgan fingerprint density at radius 3 is 2.82 bits per heavy atom. The van der Waals surface area contributed by atoms with E-state index >= 15 is 0 Å². The number of aryl methyl sites for hydroxylation is 1. The normalized spacial score (nSPS) is 16.4. The van der Waals surface area contributed by atoms with Gasteiger partial charge in [-0.3, -0.25) is 0 Å². The highest BCUT2D eigenvalue weighted by Crippen LogP contribution is 2.21. The predicted molar refractivity (Wildman–Crippen MR) is 109 cm³/mol. The van der Waals surface area contributed by atoms with Crippen LogP contribution in [0.3, 0.4) is 0 Å². The molecule has 0 radical (unpaired) electrons. The van der Waals surface area contributed by atoms with Crippen LogP contribution in [0.15, 0.2) is 34.9 Å². The van der Waals surface area contributed by atoms with Crippen molar-refractivity contribution < 1.29 is 14.4 Å². The van der Waals surface area contributed by atoms with E-state index in [1.54, 1.807) is 0 Å². The fourth-order valence-electron chi connectivity index (χ4n) is 3.82. The molecule has 6 nitrogen and oxygen atoms in total. The molecule has 1 aromatic heterocycles. The summed E-state index contributed by atoms with van der Waals surface area (Å²) in [6.07, 6.45) is 5.96. The van der Waals surface area contributed by atoms with Crippen molar-refractivity contribution in [3.63, 3.8) is 0 Å². The number of likely N-dealkylation sites (N-methyl/N-ethyl adjacent to an activating group) is 1. The van der Waals surface area contributed by atoms with E-state index in [0.29, 0.717) is 32.3 Å². The van der Waals surface area contributed by atoms with Crippen LogP contribution in [0.1, 0.15) is 49.1 Å². The first kappa shape index (κ1) is 20.8. The van der Waals surface area contributed by atoms with Crippen molar-refractivity contribution in [1.82, 2.24) is 15.4 Å². The average Bonchev–Trinajstić information content (AvgIpc) is 3.12. The zero-order valence-corrected chi connectivity index (χ0v) is 17.1. The van der Waals surface area contributed by atoms with Gasteiger partial charge in [0, 0.05) is 25.2 Å². The minimum Gasteiger partial charge on any atom is -0.491 e. The first-order valence-electron chi connectivity index (χ1n) is 10.3. The SMILES string of the molecule is Cc1cc(CNCc2cccc(OCC(O)CN(C)C3CCCCC3)c2)on1. The molecule has 1 atom stereocenters. The van der Waals surface area contributed by atoms with Gasteiger partial charge in [-0.2, -0.15) is 0 Å². The Hall–Kier alpha value is -1.89.